The third-order valence-corrected chi connectivity index (χ3v) is 10.7. The Labute approximate surface area is 331 Å². The van der Waals surface area contributed by atoms with Crippen molar-refractivity contribution in [3.63, 3.8) is 0 Å². The fourth-order valence-electron chi connectivity index (χ4n) is 7.08. The minimum absolute atomic E-state index is 0.110. The molecule has 0 bridgehead atoms. The lowest BCUT2D eigenvalue weighted by Gasteiger charge is -2.39. The Balaban J connectivity index is 2.25. The summed E-state index contributed by atoms with van der Waals surface area (Å²) >= 11 is 0. The van der Waals surface area contributed by atoms with Gasteiger partial charge in [-0.1, -0.05) is 174 Å². The molecule has 320 valence electrons. The summed E-state index contributed by atoms with van der Waals surface area (Å²) in [6, 6.07) is 0. The lowest BCUT2D eigenvalue weighted by molar-refractivity contribution is -0.305. The number of aliphatic hydroxyl groups excluding tert-OH is 4. The van der Waals surface area contributed by atoms with E-state index in [1.165, 1.54) is 154 Å². The number of ether oxygens (including phenoxy) is 4. The zero-order chi connectivity index (χ0) is 39.3. The van der Waals surface area contributed by atoms with Gasteiger partial charge < -0.3 is 39.4 Å². The molecule has 0 aromatic heterocycles. The first kappa shape index (κ1) is 50.9. The Kier molecular flexibility index (Phi) is 35.4. The van der Waals surface area contributed by atoms with Crippen molar-refractivity contribution in [3.8, 4) is 0 Å². The summed E-state index contributed by atoms with van der Waals surface area (Å²) in [6.45, 7) is 4.56. The molecular weight excluding hydrogens is 684 g/mol. The normalized spacial score (nSPS) is 20.9. The molecule has 1 heterocycles. The van der Waals surface area contributed by atoms with Gasteiger partial charge in [-0.2, -0.15) is 0 Å². The highest BCUT2D eigenvalue weighted by Crippen LogP contribution is 2.23. The van der Waals surface area contributed by atoms with E-state index in [9.17, 15) is 25.2 Å². The van der Waals surface area contributed by atoms with Crippen LogP contribution < -0.4 is 0 Å². The molecule has 0 aliphatic carbocycles. The first-order chi connectivity index (χ1) is 26.4. The summed E-state index contributed by atoms with van der Waals surface area (Å²) in [5.41, 5.74) is 0. The van der Waals surface area contributed by atoms with Crippen LogP contribution in [-0.2, 0) is 23.7 Å². The summed E-state index contributed by atoms with van der Waals surface area (Å²) in [7, 11) is 0. The number of hydrogen-bond acceptors (Lipinski definition) is 9. The van der Waals surface area contributed by atoms with Gasteiger partial charge in [-0.25, -0.2) is 0 Å². The Hall–Kier alpha value is -1.07. The summed E-state index contributed by atoms with van der Waals surface area (Å²) < 4.78 is 22.8. The number of rotatable bonds is 39. The topological polar surface area (TPSA) is 135 Å². The maximum absolute atomic E-state index is 12.8. The molecule has 54 heavy (non-hydrogen) atoms. The second kappa shape index (κ2) is 37.5. The van der Waals surface area contributed by atoms with Gasteiger partial charge in [-0.15, -0.1) is 0 Å². The minimum Gasteiger partial charge on any atom is -0.457 e. The molecule has 6 unspecified atom stereocenters. The monoisotopic (exact) mass is 771 g/mol. The van der Waals surface area contributed by atoms with Crippen LogP contribution in [0.1, 0.15) is 206 Å². The van der Waals surface area contributed by atoms with Crippen molar-refractivity contribution in [1.82, 2.24) is 0 Å². The molecule has 0 aromatic carbocycles. The molecule has 0 saturated carbocycles. The van der Waals surface area contributed by atoms with Crippen molar-refractivity contribution in [2.45, 2.75) is 243 Å². The van der Waals surface area contributed by atoms with E-state index in [0.29, 0.717) is 13.0 Å². The van der Waals surface area contributed by atoms with Crippen LogP contribution in [0.3, 0.4) is 0 Å². The standard InChI is InChI=1S/C45H86O9/c1-3-5-7-9-11-13-15-17-19-20-21-22-24-26-28-30-32-34-41(47)53-39(38-52-45-44(50)43(49)42(48)40(36-46)54-45)37-51-35-33-31-29-27-25-23-18-16-14-12-10-8-6-4-2/h14,16,39-40,42-46,48-50H,3-13,15,17-38H2,1-2H3/b16-14-. The molecular formula is C45H86O9. The van der Waals surface area contributed by atoms with Crippen LogP contribution in [0.15, 0.2) is 12.2 Å². The molecule has 1 aliphatic heterocycles. The van der Waals surface area contributed by atoms with Crippen molar-refractivity contribution in [2.24, 2.45) is 0 Å². The number of carbonyl (C=O) groups excluding carboxylic acids is 1. The van der Waals surface area contributed by atoms with E-state index >= 15 is 0 Å². The third kappa shape index (κ3) is 28.3. The molecule has 9 nitrogen and oxygen atoms in total. The highest BCUT2D eigenvalue weighted by molar-refractivity contribution is 5.69. The van der Waals surface area contributed by atoms with Crippen LogP contribution in [0.2, 0.25) is 0 Å². The average Bonchev–Trinajstić information content (AvgIpc) is 3.17. The van der Waals surface area contributed by atoms with E-state index < -0.39 is 43.4 Å². The molecule has 4 N–H and O–H groups in total. The quantitative estimate of drug-likeness (QED) is 0.0274. The summed E-state index contributed by atoms with van der Waals surface area (Å²) in [5, 5.41) is 40.1. The molecule has 6 atom stereocenters. The Morgan fingerprint density at radius 2 is 1.02 bits per heavy atom. The Morgan fingerprint density at radius 1 is 0.574 bits per heavy atom. The molecule has 1 saturated heterocycles. The van der Waals surface area contributed by atoms with Gasteiger partial charge >= 0.3 is 5.97 Å². The fourth-order valence-corrected chi connectivity index (χ4v) is 7.08. The van der Waals surface area contributed by atoms with Gasteiger partial charge in [-0.3, -0.25) is 4.79 Å². The molecule has 0 amide bonds. The van der Waals surface area contributed by atoms with E-state index in [1.807, 2.05) is 0 Å². The maximum Gasteiger partial charge on any atom is 0.306 e. The van der Waals surface area contributed by atoms with Gasteiger partial charge in [0.15, 0.2) is 6.29 Å². The van der Waals surface area contributed by atoms with Gasteiger partial charge in [0.25, 0.3) is 0 Å². The van der Waals surface area contributed by atoms with Crippen molar-refractivity contribution < 1.29 is 44.2 Å². The van der Waals surface area contributed by atoms with Crippen molar-refractivity contribution >= 4 is 5.97 Å². The van der Waals surface area contributed by atoms with E-state index in [0.717, 1.165) is 32.1 Å². The van der Waals surface area contributed by atoms with Crippen LogP contribution in [-0.4, -0.2) is 89.6 Å². The number of aliphatic hydroxyl groups is 4. The fraction of sp³-hybridized carbons (Fsp3) is 0.933. The Morgan fingerprint density at radius 3 is 1.52 bits per heavy atom. The summed E-state index contributed by atoms with van der Waals surface area (Å²) in [6.07, 6.45) is 33.7. The molecule has 1 fully saturated rings. The van der Waals surface area contributed by atoms with Gasteiger partial charge in [0.1, 0.15) is 30.5 Å². The lowest BCUT2D eigenvalue weighted by atomic mass is 9.99. The van der Waals surface area contributed by atoms with Crippen LogP contribution >= 0.6 is 0 Å². The molecule has 0 aromatic rings. The molecule has 0 spiro atoms. The predicted molar refractivity (Wildman–Crippen MR) is 219 cm³/mol. The van der Waals surface area contributed by atoms with Crippen LogP contribution in [0.25, 0.3) is 0 Å². The molecule has 1 aliphatic rings. The lowest BCUT2D eigenvalue weighted by Crippen LogP contribution is -2.59. The summed E-state index contributed by atoms with van der Waals surface area (Å²) in [5.74, 6) is -0.312. The van der Waals surface area contributed by atoms with Crippen molar-refractivity contribution in [1.29, 1.82) is 0 Å². The van der Waals surface area contributed by atoms with Crippen molar-refractivity contribution in [2.75, 3.05) is 26.4 Å². The van der Waals surface area contributed by atoms with E-state index in [-0.39, 0.29) is 19.2 Å². The van der Waals surface area contributed by atoms with Gasteiger partial charge in [-0.05, 0) is 38.5 Å². The van der Waals surface area contributed by atoms with Gasteiger partial charge in [0.2, 0.25) is 0 Å². The van der Waals surface area contributed by atoms with Crippen molar-refractivity contribution in [3.05, 3.63) is 12.2 Å². The van der Waals surface area contributed by atoms with E-state index in [2.05, 4.69) is 26.0 Å². The minimum atomic E-state index is -1.53. The first-order valence-corrected chi connectivity index (χ1v) is 22.8. The first-order valence-electron chi connectivity index (χ1n) is 22.8. The maximum atomic E-state index is 12.8. The molecule has 0 radical (unpaired) electrons. The second-order valence-corrected chi connectivity index (χ2v) is 15.9. The van der Waals surface area contributed by atoms with Crippen LogP contribution in [0.4, 0.5) is 0 Å². The number of unbranched alkanes of at least 4 members (excludes halogenated alkanes) is 26. The van der Waals surface area contributed by atoms with E-state index in [1.54, 1.807) is 0 Å². The van der Waals surface area contributed by atoms with Crippen LogP contribution in [0, 0.1) is 0 Å². The number of carbonyl (C=O) groups is 1. The SMILES string of the molecule is CCCCCC/C=C\CCCCCCCCOCC(COC1OC(CO)C(O)C(O)C1O)OC(=O)CCCCCCCCCCCCCCCCCCC. The summed E-state index contributed by atoms with van der Waals surface area (Å²) in [4.78, 5) is 12.8. The number of esters is 1. The highest BCUT2D eigenvalue weighted by Gasteiger charge is 2.44. The average molecular weight is 771 g/mol. The molecule has 9 heteroatoms. The van der Waals surface area contributed by atoms with Crippen LogP contribution in [0.5, 0.6) is 0 Å². The van der Waals surface area contributed by atoms with E-state index in [4.69, 9.17) is 18.9 Å². The predicted octanol–water partition coefficient (Wildman–Crippen LogP) is 10.0. The Bertz CT molecular complexity index is 838. The number of hydrogen-bond donors (Lipinski definition) is 4. The second-order valence-electron chi connectivity index (χ2n) is 15.9. The smallest absolute Gasteiger partial charge is 0.306 e. The van der Waals surface area contributed by atoms with Gasteiger partial charge in [0, 0.05) is 13.0 Å². The zero-order valence-electron chi connectivity index (χ0n) is 35.0. The zero-order valence-corrected chi connectivity index (χ0v) is 35.0. The number of allylic oxidation sites excluding steroid dienone is 2. The van der Waals surface area contributed by atoms with Gasteiger partial charge in [0.05, 0.1) is 19.8 Å². The largest absolute Gasteiger partial charge is 0.457 e. The molecule has 1 rings (SSSR count). The third-order valence-electron chi connectivity index (χ3n) is 10.7. The highest BCUT2D eigenvalue weighted by atomic mass is 16.7.